The third-order valence-corrected chi connectivity index (χ3v) is 1.96. The standard InChI is InChI=1S/C9H8O2S/c1-12-9(11)8(10)7-5-3-2-4-6-7/h2-6H,1H3. The highest BCUT2D eigenvalue weighted by atomic mass is 32.2. The van der Waals surface area contributed by atoms with E-state index in [0.717, 1.165) is 11.8 Å². The van der Waals surface area contributed by atoms with Crippen molar-refractivity contribution in [3.05, 3.63) is 35.9 Å². The number of Topliss-reactive ketones (excluding diaryl/α,β-unsaturated/α-hetero) is 1. The summed E-state index contributed by atoms with van der Waals surface area (Å²) in [4.78, 5) is 22.1. The lowest BCUT2D eigenvalue weighted by molar-refractivity contribution is -0.107. The molecule has 0 N–H and O–H groups in total. The van der Waals surface area contributed by atoms with Gasteiger partial charge in [0.15, 0.2) is 0 Å². The van der Waals surface area contributed by atoms with E-state index in [4.69, 9.17) is 0 Å². The van der Waals surface area contributed by atoms with Gasteiger partial charge in [0.05, 0.1) is 0 Å². The van der Waals surface area contributed by atoms with Gasteiger partial charge in [0, 0.05) is 5.56 Å². The molecule has 12 heavy (non-hydrogen) atoms. The van der Waals surface area contributed by atoms with Crippen molar-refractivity contribution in [3.63, 3.8) is 0 Å². The van der Waals surface area contributed by atoms with Gasteiger partial charge in [-0.15, -0.1) is 0 Å². The Bertz CT molecular complexity index is 293. The fourth-order valence-corrected chi connectivity index (χ4v) is 1.10. The minimum Gasteiger partial charge on any atom is -0.284 e. The molecule has 0 aliphatic carbocycles. The van der Waals surface area contributed by atoms with Gasteiger partial charge in [-0.05, 0) is 6.26 Å². The van der Waals surface area contributed by atoms with Crippen LogP contribution < -0.4 is 0 Å². The van der Waals surface area contributed by atoms with E-state index in [2.05, 4.69) is 0 Å². The average molecular weight is 180 g/mol. The summed E-state index contributed by atoms with van der Waals surface area (Å²) in [6, 6.07) is 8.55. The first-order valence-electron chi connectivity index (χ1n) is 3.43. The molecule has 0 fully saturated rings. The fraction of sp³-hybridized carbons (Fsp3) is 0.111. The van der Waals surface area contributed by atoms with Crippen LogP contribution in [0.25, 0.3) is 0 Å². The van der Waals surface area contributed by atoms with Crippen LogP contribution in [0.15, 0.2) is 30.3 Å². The monoisotopic (exact) mass is 180 g/mol. The largest absolute Gasteiger partial charge is 0.284 e. The van der Waals surface area contributed by atoms with E-state index in [-0.39, 0.29) is 0 Å². The quantitative estimate of drug-likeness (QED) is 0.513. The molecule has 1 aromatic carbocycles. The van der Waals surface area contributed by atoms with Crippen LogP contribution in [-0.4, -0.2) is 17.2 Å². The number of carbonyl (C=O) groups is 2. The van der Waals surface area contributed by atoms with E-state index in [1.165, 1.54) is 0 Å². The minimum atomic E-state index is -0.428. The molecule has 0 saturated carbocycles. The molecule has 0 spiro atoms. The van der Waals surface area contributed by atoms with Crippen LogP contribution in [0.5, 0.6) is 0 Å². The molecule has 1 aromatic rings. The molecule has 0 bridgehead atoms. The predicted octanol–water partition coefficient (Wildman–Crippen LogP) is 1.76. The first-order valence-corrected chi connectivity index (χ1v) is 4.66. The van der Waals surface area contributed by atoms with Gasteiger partial charge in [-0.1, -0.05) is 42.1 Å². The molecular weight excluding hydrogens is 172 g/mol. The molecular formula is C9H8O2S. The summed E-state index contributed by atoms with van der Waals surface area (Å²) in [6.45, 7) is 0. The Balaban J connectivity index is 2.86. The van der Waals surface area contributed by atoms with Crippen molar-refractivity contribution < 1.29 is 9.59 Å². The lowest BCUT2D eigenvalue weighted by atomic mass is 10.1. The highest BCUT2D eigenvalue weighted by Crippen LogP contribution is 2.05. The maximum Gasteiger partial charge on any atom is 0.259 e. The number of thioether (sulfide) groups is 1. The summed E-state index contributed by atoms with van der Waals surface area (Å²) in [5.74, 6) is -0.428. The predicted molar refractivity (Wildman–Crippen MR) is 49.3 cm³/mol. The second kappa shape index (κ2) is 4.07. The van der Waals surface area contributed by atoms with Crippen molar-refractivity contribution in [3.8, 4) is 0 Å². The van der Waals surface area contributed by atoms with Crippen LogP contribution in [0.1, 0.15) is 10.4 Å². The van der Waals surface area contributed by atoms with Gasteiger partial charge in [0.2, 0.25) is 5.78 Å². The van der Waals surface area contributed by atoms with Crippen LogP contribution >= 0.6 is 11.8 Å². The second-order valence-corrected chi connectivity index (χ2v) is 2.97. The van der Waals surface area contributed by atoms with Gasteiger partial charge in [0.1, 0.15) is 0 Å². The highest BCUT2D eigenvalue weighted by molar-refractivity contribution is 8.14. The van der Waals surface area contributed by atoms with Gasteiger partial charge in [-0.2, -0.15) is 0 Å². The molecule has 0 aromatic heterocycles. The molecule has 0 atom stereocenters. The van der Waals surface area contributed by atoms with Gasteiger partial charge >= 0.3 is 0 Å². The number of carbonyl (C=O) groups excluding carboxylic acids is 2. The first-order chi connectivity index (χ1) is 5.75. The van der Waals surface area contributed by atoms with E-state index in [9.17, 15) is 9.59 Å². The summed E-state index contributed by atoms with van der Waals surface area (Å²) >= 11 is 0.939. The van der Waals surface area contributed by atoms with Crippen molar-refractivity contribution in [2.75, 3.05) is 6.26 Å². The van der Waals surface area contributed by atoms with Crippen molar-refractivity contribution in [1.29, 1.82) is 0 Å². The molecule has 0 saturated heterocycles. The molecule has 0 aliphatic heterocycles. The summed E-state index contributed by atoms with van der Waals surface area (Å²) in [7, 11) is 0. The van der Waals surface area contributed by atoms with Crippen LogP contribution in [0, 0.1) is 0 Å². The number of rotatable bonds is 2. The Morgan fingerprint density at radius 3 is 2.25 bits per heavy atom. The number of benzene rings is 1. The summed E-state index contributed by atoms with van der Waals surface area (Å²) in [6.07, 6.45) is 1.60. The lowest BCUT2D eigenvalue weighted by Gasteiger charge is -1.95. The molecule has 62 valence electrons. The number of hydrogen-bond donors (Lipinski definition) is 0. The smallest absolute Gasteiger partial charge is 0.259 e. The van der Waals surface area contributed by atoms with Crippen molar-refractivity contribution in [2.45, 2.75) is 0 Å². The first kappa shape index (κ1) is 9.00. The molecule has 0 amide bonds. The zero-order valence-electron chi connectivity index (χ0n) is 6.61. The Kier molecular flexibility index (Phi) is 3.05. The third-order valence-electron chi connectivity index (χ3n) is 1.41. The van der Waals surface area contributed by atoms with Crippen LogP contribution in [-0.2, 0) is 4.79 Å². The van der Waals surface area contributed by atoms with Gasteiger partial charge in [0.25, 0.3) is 5.12 Å². The van der Waals surface area contributed by atoms with E-state index < -0.39 is 10.9 Å². The van der Waals surface area contributed by atoms with E-state index in [1.807, 2.05) is 0 Å². The van der Waals surface area contributed by atoms with Gasteiger partial charge in [-0.3, -0.25) is 9.59 Å². The third kappa shape index (κ3) is 1.95. The minimum absolute atomic E-state index is 0.416. The second-order valence-electron chi connectivity index (χ2n) is 2.19. The molecule has 2 nitrogen and oxygen atoms in total. The van der Waals surface area contributed by atoms with Crippen molar-refractivity contribution >= 4 is 22.7 Å². The van der Waals surface area contributed by atoms with Crippen LogP contribution in [0.3, 0.4) is 0 Å². The van der Waals surface area contributed by atoms with E-state index in [0.29, 0.717) is 5.56 Å². The zero-order valence-corrected chi connectivity index (χ0v) is 7.43. The Morgan fingerprint density at radius 2 is 1.75 bits per heavy atom. The summed E-state index contributed by atoms with van der Waals surface area (Å²) in [5, 5.41) is -0.416. The molecule has 3 heteroatoms. The lowest BCUT2D eigenvalue weighted by Crippen LogP contribution is -2.09. The van der Waals surface area contributed by atoms with Crippen molar-refractivity contribution in [2.24, 2.45) is 0 Å². The SMILES string of the molecule is CSC(=O)C(=O)c1ccccc1. The highest BCUT2D eigenvalue weighted by Gasteiger charge is 2.13. The molecule has 0 aliphatic rings. The summed E-state index contributed by atoms with van der Waals surface area (Å²) < 4.78 is 0. The van der Waals surface area contributed by atoms with Gasteiger partial charge in [-0.25, -0.2) is 0 Å². The summed E-state index contributed by atoms with van der Waals surface area (Å²) in [5.41, 5.74) is 0.455. The maximum absolute atomic E-state index is 11.2. The zero-order chi connectivity index (χ0) is 8.97. The maximum atomic E-state index is 11.2. The number of ketones is 1. The molecule has 0 heterocycles. The fourth-order valence-electron chi connectivity index (χ4n) is 0.800. The normalized spacial score (nSPS) is 9.42. The van der Waals surface area contributed by atoms with Crippen LogP contribution in [0.4, 0.5) is 0 Å². The number of hydrogen-bond acceptors (Lipinski definition) is 3. The topological polar surface area (TPSA) is 34.1 Å². The Labute approximate surface area is 75.0 Å². The molecule has 0 unspecified atom stereocenters. The van der Waals surface area contributed by atoms with Gasteiger partial charge < -0.3 is 0 Å². The van der Waals surface area contributed by atoms with E-state index in [1.54, 1.807) is 36.6 Å². The molecule has 0 radical (unpaired) electrons. The Morgan fingerprint density at radius 1 is 1.17 bits per heavy atom. The van der Waals surface area contributed by atoms with Crippen molar-refractivity contribution in [1.82, 2.24) is 0 Å². The molecule has 1 rings (SSSR count). The Hall–Kier alpha value is -1.09. The average Bonchev–Trinajstić information content (AvgIpc) is 2.17. The van der Waals surface area contributed by atoms with Crippen LogP contribution in [0.2, 0.25) is 0 Å². The van der Waals surface area contributed by atoms with E-state index >= 15 is 0 Å².